The summed E-state index contributed by atoms with van der Waals surface area (Å²) in [5, 5.41) is 22.8. The van der Waals surface area contributed by atoms with E-state index in [0.717, 1.165) is 16.7 Å². The number of nitriles is 2. The zero-order valence-electron chi connectivity index (χ0n) is 13.7. The largest absolute Gasteiger partial charge is 0.360 e. The van der Waals surface area contributed by atoms with Gasteiger partial charge in [-0.05, 0) is 36.0 Å². The summed E-state index contributed by atoms with van der Waals surface area (Å²) in [4.78, 5) is 27.8. The summed E-state index contributed by atoms with van der Waals surface area (Å²) in [6.07, 6.45) is 1.38. The standard InChI is InChI=1S/C17H17N5O2S/c1-13(23)21-6-8-22(9-7-21)17(24)14(10-18)11-20-15-2-4-16(5-3-15)25-12-19/h2-5,11,20H,6-9H2,1H3/b14-11-. The number of anilines is 1. The number of carbonyl (C=O) groups is 2. The number of rotatable bonds is 4. The Morgan fingerprint density at radius 2 is 1.72 bits per heavy atom. The number of carbonyl (C=O) groups excluding carboxylic acids is 2. The first-order valence-electron chi connectivity index (χ1n) is 7.62. The first kappa shape index (κ1) is 18.4. The molecule has 8 heteroatoms. The molecule has 1 aliphatic heterocycles. The minimum atomic E-state index is -0.352. The summed E-state index contributed by atoms with van der Waals surface area (Å²) in [5.74, 6) is -0.363. The van der Waals surface area contributed by atoms with Crippen LogP contribution >= 0.6 is 11.8 Å². The summed E-state index contributed by atoms with van der Waals surface area (Å²) in [5.41, 5.74) is 0.719. The first-order valence-corrected chi connectivity index (χ1v) is 8.44. The average Bonchev–Trinajstić information content (AvgIpc) is 2.63. The van der Waals surface area contributed by atoms with E-state index in [2.05, 4.69) is 5.32 Å². The van der Waals surface area contributed by atoms with Crippen LogP contribution in [0, 0.1) is 22.0 Å². The monoisotopic (exact) mass is 355 g/mol. The zero-order chi connectivity index (χ0) is 18.2. The molecule has 2 amide bonds. The topological polar surface area (TPSA) is 100 Å². The Balaban J connectivity index is 1.98. The van der Waals surface area contributed by atoms with Crippen LogP contribution in [-0.2, 0) is 9.59 Å². The Morgan fingerprint density at radius 3 is 2.24 bits per heavy atom. The highest BCUT2D eigenvalue weighted by atomic mass is 32.2. The Labute approximate surface area is 150 Å². The molecule has 0 atom stereocenters. The minimum Gasteiger partial charge on any atom is -0.360 e. The van der Waals surface area contributed by atoms with Crippen molar-refractivity contribution in [2.24, 2.45) is 0 Å². The van der Waals surface area contributed by atoms with Gasteiger partial charge >= 0.3 is 0 Å². The number of hydrogen-bond donors (Lipinski definition) is 1. The van der Waals surface area contributed by atoms with Crippen molar-refractivity contribution in [3.05, 3.63) is 36.0 Å². The van der Waals surface area contributed by atoms with E-state index in [1.54, 1.807) is 34.1 Å². The maximum absolute atomic E-state index is 12.4. The molecule has 1 aromatic carbocycles. The summed E-state index contributed by atoms with van der Waals surface area (Å²) >= 11 is 1.06. The van der Waals surface area contributed by atoms with E-state index in [1.165, 1.54) is 13.1 Å². The molecule has 1 N–H and O–H groups in total. The summed E-state index contributed by atoms with van der Waals surface area (Å²) < 4.78 is 0. The predicted molar refractivity (Wildman–Crippen MR) is 94.1 cm³/mol. The molecule has 0 saturated carbocycles. The van der Waals surface area contributed by atoms with Gasteiger partial charge in [0.25, 0.3) is 5.91 Å². The van der Waals surface area contributed by atoms with Crippen molar-refractivity contribution in [1.82, 2.24) is 9.80 Å². The molecule has 0 aromatic heterocycles. The van der Waals surface area contributed by atoms with Crippen LogP contribution in [0.1, 0.15) is 6.92 Å². The molecule has 1 fully saturated rings. The third-order valence-electron chi connectivity index (χ3n) is 3.76. The van der Waals surface area contributed by atoms with E-state index in [-0.39, 0.29) is 17.4 Å². The number of thiocyanates is 1. The van der Waals surface area contributed by atoms with Crippen LogP contribution in [0.3, 0.4) is 0 Å². The fraction of sp³-hybridized carbons (Fsp3) is 0.294. The first-order chi connectivity index (χ1) is 12.0. The average molecular weight is 355 g/mol. The second kappa shape index (κ2) is 8.76. The number of thioether (sulfide) groups is 1. The SMILES string of the molecule is CC(=O)N1CCN(C(=O)/C(C#N)=C\Nc2ccc(SC#N)cc2)CC1. The Hall–Kier alpha value is -2.97. The summed E-state index contributed by atoms with van der Waals surface area (Å²) in [7, 11) is 0. The highest BCUT2D eigenvalue weighted by molar-refractivity contribution is 8.03. The van der Waals surface area contributed by atoms with Crippen LogP contribution in [0.5, 0.6) is 0 Å². The van der Waals surface area contributed by atoms with Crippen molar-refractivity contribution >= 4 is 29.3 Å². The van der Waals surface area contributed by atoms with Crippen molar-refractivity contribution < 1.29 is 9.59 Å². The highest BCUT2D eigenvalue weighted by Crippen LogP contribution is 2.19. The van der Waals surface area contributed by atoms with Gasteiger partial charge in [-0.1, -0.05) is 0 Å². The number of amides is 2. The lowest BCUT2D eigenvalue weighted by atomic mass is 10.2. The lowest BCUT2D eigenvalue weighted by Gasteiger charge is -2.34. The number of piperazine rings is 1. The number of hydrogen-bond acceptors (Lipinski definition) is 6. The third-order valence-corrected chi connectivity index (χ3v) is 4.36. The second-order valence-electron chi connectivity index (χ2n) is 5.33. The molecular weight excluding hydrogens is 338 g/mol. The molecule has 7 nitrogen and oxygen atoms in total. The quantitative estimate of drug-likeness (QED) is 0.382. The molecular formula is C17H17N5O2S. The Bertz CT molecular complexity index is 753. The molecule has 0 radical (unpaired) electrons. The molecule has 0 spiro atoms. The molecule has 1 aliphatic rings. The van der Waals surface area contributed by atoms with Gasteiger partial charge in [0.15, 0.2) is 0 Å². The fourth-order valence-electron chi connectivity index (χ4n) is 2.36. The lowest BCUT2D eigenvalue weighted by Crippen LogP contribution is -2.50. The molecule has 0 aliphatic carbocycles. The molecule has 0 unspecified atom stereocenters. The fourth-order valence-corrected chi connectivity index (χ4v) is 2.74. The Kier molecular flexibility index (Phi) is 6.44. The van der Waals surface area contributed by atoms with Crippen LogP contribution in [0.4, 0.5) is 5.69 Å². The van der Waals surface area contributed by atoms with Gasteiger partial charge in [-0.3, -0.25) is 9.59 Å². The number of benzene rings is 1. The van der Waals surface area contributed by atoms with E-state index in [1.807, 2.05) is 11.5 Å². The maximum Gasteiger partial charge on any atom is 0.266 e. The van der Waals surface area contributed by atoms with Crippen molar-refractivity contribution in [3.63, 3.8) is 0 Å². The van der Waals surface area contributed by atoms with Crippen LogP contribution in [0.2, 0.25) is 0 Å². The summed E-state index contributed by atoms with van der Waals surface area (Å²) in [6.45, 7) is 3.29. The third kappa shape index (κ3) is 5.00. The lowest BCUT2D eigenvalue weighted by molar-refractivity contribution is -0.136. The molecule has 1 saturated heterocycles. The number of nitrogens with zero attached hydrogens (tertiary/aromatic N) is 4. The maximum atomic E-state index is 12.4. The van der Waals surface area contributed by atoms with Crippen LogP contribution in [-0.4, -0.2) is 47.8 Å². The smallest absolute Gasteiger partial charge is 0.266 e. The zero-order valence-corrected chi connectivity index (χ0v) is 14.5. The van der Waals surface area contributed by atoms with Gasteiger partial charge in [-0.15, -0.1) is 0 Å². The van der Waals surface area contributed by atoms with E-state index in [4.69, 9.17) is 5.26 Å². The normalized spacial score (nSPS) is 14.4. The number of nitrogens with one attached hydrogen (secondary N) is 1. The predicted octanol–water partition coefficient (Wildman–Crippen LogP) is 1.77. The molecule has 128 valence electrons. The van der Waals surface area contributed by atoms with Crippen molar-refractivity contribution in [1.29, 1.82) is 10.5 Å². The molecule has 1 aromatic rings. The Morgan fingerprint density at radius 1 is 1.12 bits per heavy atom. The second-order valence-corrected chi connectivity index (χ2v) is 6.19. The van der Waals surface area contributed by atoms with Crippen LogP contribution in [0.25, 0.3) is 0 Å². The van der Waals surface area contributed by atoms with E-state index in [9.17, 15) is 14.9 Å². The van der Waals surface area contributed by atoms with E-state index >= 15 is 0 Å². The van der Waals surface area contributed by atoms with Gasteiger partial charge < -0.3 is 15.1 Å². The van der Waals surface area contributed by atoms with Crippen molar-refractivity contribution in [2.75, 3.05) is 31.5 Å². The molecule has 0 bridgehead atoms. The van der Waals surface area contributed by atoms with Crippen LogP contribution in [0.15, 0.2) is 40.9 Å². The van der Waals surface area contributed by atoms with Crippen LogP contribution < -0.4 is 5.32 Å². The van der Waals surface area contributed by atoms with E-state index in [0.29, 0.717) is 31.9 Å². The summed E-state index contributed by atoms with van der Waals surface area (Å²) in [6, 6.07) is 9.00. The molecule has 2 rings (SSSR count). The van der Waals surface area contributed by atoms with Crippen molar-refractivity contribution in [2.45, 2.75) is 11.8 Å². The van der Waals surface area contributed by atoms with Gasteiger partial charge in [-0.2, -0.15) is 10.5 Å². The van der Waals surface area contributed by atoms with Gasteiger partial charge in [0.05, 0.1) is 0 Å². The van der Waals surface area contributed by atoms with Gasteiger partial charge in [-0.25, -0.2) is 0 Å². The van der Waals surface area contributed by atoms with Crippen molar-refractivity contribution in [3.8, 4) is 11.5 Å². The molecule has 1 heterocycles. The minimum absolute atomic E-state index is 0.00625. The van der Waals surface area contributed by atoms with Gasteiger partial charge in [0, 0.05) is 49.9 Å². The molecule has 25 heavy (non-hydrogen) atoms. The highest BCUT2D eigenvalue weighted by Gasteiger charge is 2.24. The van der Waals surface area contributed by atoms with E-state index < -0.39 is 0 Å². The van der Waals surface area contributed by atoms with Gasteiger partial charge in [0.1, 0.15) is 17.0 Å². The van der Waals surface area contributed by atoms with Gasteiger partial charge in [0.2, 0.25) is 5.91 Å².